The van der Waals surface area contributed by atoms with Crippen molar-refractivity contribution in [1.29, 1.82) is 0 Å². The number of anilines is 2. The third-order valence-electron chi connectivity index (χ3n) is 3.17. The zero-order valence-electron chi connectivity index (χ0n) is 9.90. The summed E-state index contributed by atoms with van der Waals surface area (Å²) in [7, 11) is 1.57. The first kappa shape index (κ1) is 12.0. The fraction of sp³-hybridized carbons (Fsp3) is 0.500. The standard InChI is InChI=1S/C12H18FN3O/c1-17-12-6-8(2-3-11(12)15)16-5-4-10(14)9(13)7-16/h2-3,6,9-10H,4-5,7,14-15H2,1H3/t9-,10-/m1/s1. The molecule has 1 heterocycles. The van der Waals surface area contributed by atoms with Crippen molar-refractivity contribution in [2.45, 2.75) is 18.6 Å². The second-order valence-electron chi connectivity index (χ2n) is 4.34. The van der Waals surface area contributed by atoms with Gasteiger partial charge in [0.05, 0.1) is 19.3 Å². The molecule has 4 N–H and O–H groups in total. The van der Waals surface area contributed by atoms with E-state index >= 15 is 0 Å². The molecule has 0 saturated carbocycles. The fourth-order valence-electron chi connectivity index (χ4n) is 2.05. The second kappa shape index (κ2) is 4.79. The summed E-state index contributed by atoms with van der Waals surface area (Å²) < 4.78 is 18.7. The van der Waals surface area contributed by atoms with Gasteiger partial charge in [0.25, 0.3) is 0 Å². The van der Waals surface area contributed by atoms with E-state index in [9.17, 15) is 4.39 Å². The van der Waals surface area contributed by atoms with Gasteiger partial charge in [0, 0.05) is 24.3 Å². The minimum atomic E-state index is -0.979. The molecule has 1 aliphatic rings. The van der Waals surface area contributed by atoms with Gasteiger partial charge in [-0.25, -0.2) is 4.39 Å². The number of nitrogens with zero attached hydrogens (tertiary/aromatic N) is 1. The fourth-order valence-corrected chi connectivity index (χ4v) is 2.05. The van der Waals surface area contributed by atoms with Gasteiger partial charge in [-0.1, -0.05) is 0 Å². The molecule has 1 aliphatic heterocycles. The van der Waals surface area contributed by atoms with Crippen LogP contribution in [0.4, 0.5) is 15.8 Å². The molecule has 0 aliphatic carbocycles. The van der Waals surface area contributed by atoms with Crippen molar-refractivity contribution in [3.8, 4) is 5.75 Å². The summed E-state index contributed by atoms with van der Waals surface area (Å²) in [5.41, 5.74) is 12.9. The molecule has 0 unspecified atom stereocenters. The summed E-state index contributed by atoms with van der Waals surface area (Å²) in [4.78, 5) is 1.97. The van der Waals surface area contributed by atoms with Crippen LogP contribution in [0, 0.1) is 0 Å². The molecule has 2 atom stereocenters. The van der Waals surface area contributed by atoms with Crippen molar-refractivity contribution < 1.29 is 9.13 Å². The molecule has 0 spiro atoms. The smallest absolute Gasteiger partial charge is 0.143 e. The van der Waals surface area contributed by atoms with Crippen molar-refractivity contribution in [1.82, 2.24) is 0 Å². The lowest BCUT2D eigenvalue weighted by atomic mass is 10.0. The predicted octanol–water partition coefficient (Wildman–Crippen LogP) is 1.15. The molecule has 2 rings (SSSR count). The highest BCUT2D eigenvalue weighted by Gasteiger charge is 2.26. The van der Waals surface area contributed by atoms with Gasteiger partial charge in [0.1, 0.15) is 11.9 Å². The Morgan fingerprint density at radius 3 is 2.88 bits per heavy atom. The van der Waals surface area contributed by atoms with Gasteiger partial charge >= 0.3 is 0 Å². The SMILES string of the molecule is COc1cc(N2CC[C@@H](N)[C@H](F)C2)ccc1N. The number of benzene rings is 1. The number of nitrogen functional groups attached to an aromatic ring is 1. The summed E-state index contributed by atoms with van der Waals surface area (Å²) in [5, 5.41) is 0. The van der Waals surface area contributed by atoms with Crippen LogP contribution in [0.5, 0.6) is 5.75 Å². The molecule has 0 radical (unpaired) electrons. The lowest BCUT2D eigenvalue weighted by Crippen LogP contribution is -2.48. The average Bonchev–Trinajstić information content (AvgIpc) is 2.33. The van der Waals surface area contributed by atoms with Crippen molar-refractivity contribution in [3.05, 3.63) is 18.2 Å². The number of hydrogen-bond acceptors (Lipinski definition) is 4. The zero-order valence-corrected chi connectivity index (χ0v) is 9.90. The Labute approximate surface area is 100 Å². The Kier molecular flexibility index (Phi) is 3.38. The number of ether oxygens (including phenoxy) is 1. The molecule has 0 amide bonds. The minimum absolute atomic E-state index is 0.328. The molecule has 94 valence electrons. The molecule has 0 bridgehead atoms. The maximum atomic E-state index is 13.6. The van der Waals surface area contributed by atoms with Crippen molar-refractivity contribution >= 4 is 11.4 Å². The number of methoxy groups -OCH3 is 1. The Morgan fingerprint density at radius 2 is 2.24 bits per heavy atom. The van der Waals surface area contributed by atoms with E-state index in [-0.39, 0.29) is 6.04 Å². The van der Waals surface area contributed by atoms with Crippen LogP contribution in [0.25, 0.3) is 0 Å². The normalized spacial score (nSPS) is 24.8. The number of rotatable bonds is 2. The van der Waals surface area contributed by atoms with Gasteiger partial charge in [0.15, 0.2) is 0 Å². The van der Waals surface area contributed by atoms with Crippen molar-refractivity contribution in [3.63, 3.8) is 0 Å². The zero-order chi connectivity index (χ0) is 12.4. The van der Waals surface area contributed by atoms with Crippen LogP contribution in [0.3, 0.4) is 0 Å². The molecule has 17 heavy (non-hydrogen) atoms. The number of alkyl halides is 1. The maximum absolute atomic E-state index is 13.6. The Morgan fingerprint density at radius 1 is 1.47 bits per heavy atom. The molecule has 4 nitrogen and oxygen atoms in total. The molecular formula is C12H18FN3O. The minimum Gasteiger partial charge on any atom is -0.495 e. The van der Waals surface area contributed by atoms with Gasteiger partial charge in [-0.3, -0.25) is 0 Å². The highest BCUT2D eigenvalue weighted by Crippen LogP contribution is 2.29. The van der Waals surface area contributed by atoms with Crippen LogP contribution >= 0.6 is 0 Å². The average molecular weight is 239 g/mol. The van der Waals surface area contributed by atoms with Crippen LogP contribution < -0.4 is 21.1 Å². The summed E-state index contributed by atoms with van der Waals surface area (Å²) in [6.07, 6.45) is -0.319. The van der Waals surface area contributed by atoms with Gasteiger partial charge in [-0.05, 0) is 18.6 Å². The summed E-state index contributed by atoms with van der Waals surface area (Å²) in [5.74, 6) is 0.618. The lowest BCUT2D eigenvalue weighted by molar-refractivity contribution is 0.251. The lowest BCUT2D eigenvalue weighted by Gasteiger charge is -2.34. The topological polar surface area (TPSA) is 64.5 Å². The van der Waals surface area contributed by atoms with E-state index in [4.69, 9.17) is 16.2 Å². The van der Waals surface area contributed by atoms with Crippen LogP contribution in [0.1, 0.15) is 6.42 Å². The van der Waals surface area contributed by atoms with E-state index in [0.29, 0.717) is 24.4 Å². The summed E-state index contributed by atoms with van der Waals surface area (Å²) >= 11 is 0. The molecule has 1 aromatic rings. The van der Waals surface area contributed by atoms with Crippen LogP contribution in [0.2, 0.25) is 0 Å². The number of halogens is 1. The molecular weight excluding hydrogens is 221 g/mol. The Balaban J connectivity index is 2.17. The van der Waals surface area contributed by atoms with Gasteiger partial charge in [-0.2, -0.15) is 0 Å². The summed E-state index contributed by atoms with van der Waals surface area (Å²) in [6, 6.07) is 5.14. The monoisotopic (exact) mass is 239 g/mol. The molecule has 1 aromatic carbocycles. The molecule has 5 heteroatoms. The van der Waals surface area contributed by atoms with Crippen LogP contribution in [0.15, 0.2) is 18.2 Å². The number of hydrogen-bond donors (Lipinski definition) is 2. The van der Waals surface area contributed by atoms with E-state index < -0.39 is 6.17 Å². The van der Waals surface area contributed by atoms with Gasteiger partial charge < -0.3 is 21.1 Å². The van der Waals surface area contributed by atoms with E-state index in [1.165, 1.54) is 0 Å². The van der Waals surface area contributed by atoms with E-state index in [0.717, 1.165) is 12.2 Å². The van der Waals surface area contributed by atoms with E-state index in [2.05, 4.69) is 0 Å². The second-order valence-corrected chi connectivity index (χ2v) is 4.34. The van der Waals surface area contributed by atoms with Crippen molar-refractivity contribution in [2.24, 2.45) is 5.73 Å². The molecule has 1 saturated heterocycles. The third kappa shape index (κ3) is 2.44. The first-order valence-electron chi connectivity index (χ1n) is 5.70. The summed E-state index contributed by atoms with van der Waals surface area (Å²) in [6.45, 7) is 1.09. The van der Waals surface area contributed by atoms with Crippen LogP contribution in [-0.2, 0) is 0 Å². The highest BCUT2D eigenvalue weighted by molar-refractivity contribution is 5.62. The Bertz CT molecular complexity index is 399. The largest absolute Gasteiger partial charge is 0.495 e. The predicted molar refractivity (Wildman–Crippen MR) is 67.1 cm³/mol. The van der Waals surface area contributed by atoms with Gasteiger partial charge in [-0.15, -0.1) is 0 Å². The Hall–Kier alpha value is -1.49. The van der Waals surface area contributed by atoms with E-state index in [1.807, 2.05) is 17.0 Å². The maximum Gasteiger partial charge on any atom is 0.143 e. The van der Waals surface area contributed by atoms with Crippen molar-refractivity contribution in [2.75, 3.05) is 30.8 Å². The highest BCUT2D eigenvalue weighted by atomic mass is 19.1. The first-order chi connectivity index (χ1) is 8.11. The number of piperidine rings is 1. The quantitative estimate of drug-likeness (QED) is 0.760. The first-order valence-corrected chi connectivity index (χ1v) is 5.70. The number of nitrogens with two attached hydrogens (primary N) is 2. The van der Waals surface area contributed by atoms with Crippen LogP contribution in [-0.4, -0.2) is 32.4 Å². The molecule has 0 aromatic heterocycles. The molecule has 1 fully saturated rings. The van der Waals surface area contributed by atoms with E-state index in [1.54, 1.807) is 13.2 Å². The van der Waals surface area contributed by atoms with Gasteiger partial charge in [0.2, 0.25) is 0 Å². The third-order valence-corrected chi connectivity index (χ3v) is 3.17.